The van der Waals surface area contributed by atoms with Crippen molar-refractivity contribution in [3.63, 3.8) is 0 Å². The number of ketones is 6. The molecule has 2 heterocycles. The van der Waals surface area contributed by atoms with Crippen molar-refractivity contribution in [2.75, 3.05) is 81.6 Å². The maximum absolute atomic E-state index is 14.2. The minimum atomic E-state index is -2.74. The van der Waals surface area contributed by atoms with Gasteiger partial charge < -0.3 is 108 Å². The number of primary amides is 3. The maximum atomic E-state index is 14.2. The van der Waals surface area contributed by atoms with E-state index < -0.39 is 192 Å². The number of furan rings is 1. The molecule has 5 aromatic rings. The Morgan fingerprint density at radius 3 is 1.26 bits per heavy atom. The number of amides is 4. The molecule has 1 unspecified atom stereocenters. The van der Waals surface area contributed by atoms with Crippen molar-refractivity contribution in [3.05, 3.63) is 156 Å². The van der Waals surface area contributed by atoms with Crippen LogP contribution in [0, 0.1) is 46.3 Å². The van der Waals surface area contributed by atoms with Gasteiger partial charge in [0, 0.05) is 132 Å². The molecule has 0 aliphatic heterocycles. The molecule has 0 radical (unpaired) electrons. The lowest BCUT2D eigenvalue weighted by atomic mass is 9.57. The number of methoxy groups -OCH3 is 1. The largest absolute Gasteiger partial charge is 0.508 e. The fraction of sp³-hybridized carbons (Fsp3) is 0.462. The third-order valence-electron chi connectivity index (χ3n) is 25.9. The molecule has 36 heteroatoms. The molecule has 2 aromatic heterocycles. The van der Waals surface area contributed by atoms with Crippen LogP contribution in [0.4, 0.5) is 10.1 Å². The van der Waals surface area contributed by atoms with E-state index in [2.05, 4.69) is 41.7 Å². The predicted octanol–water partition coefficient (Wildman–Crippen LogP) is 4.53. The smallest absolute Gasteiger partial charge is 0.255 e. The lowest BCUT2D eigenvalue weighted by Gasteiger charge is -2.50. The fourth-order valence-corrected chi connectivity index (χ4v) is 19.8. The molecular formula is C91H110FN11O24. The number of anilines is 1. The third-order valence-corrected chi connectivity index (χ3v) is 25.9. The van der Waals surface area contributed by atoms with Gasteiger partial charge in [-0.25, -0.2) is 9.37 Å². The number of aliphatic hydroxyl groups is 9. The number of aromatic hydroxyl groups is 3. The highest BCUT2D eigenvalue weighted by molar-refractivity contribution is 6.27. The number of likely N-dealkylation sites (N-methyl/N-ethyl adjacent to an activating group) is 3. The third kappa shape index (κ3) is 15.6. The second kappa shape index (κ2) is 34.2. The molecule has 35 nitrogen and oxygen atoms in total. The molecule has 21 N–H and O–H groups in total. The van der Waals surface area contributed by atoms with Gasteiger partial charge >= 0.3 is 0 Å². The second-order valence-electron chi connectivity index (χ2n) is 37.2. The van der Waals surface area contributed by atoms with Crippen LogP contribution in [-0.2, 0) is 86.8 Å². The van der Waals surface area contributed by atoms with Gasteiger partial charge in [0.15, 0.2) is 34.2 Å². The number of nitrogens with zero attached hydrogens (tertiary/aromatic N) is 5. The highest BCUT2D eigenvalue weighted by Gasteiger charge is 2.68. The first-order valence-corrected chi connectivity index (χ1v) is 41.3. The van der Waals surface area contributed by atoms with E-state index >= 15 is 0 Å². The van der Waals surface area contributed by atoms with Crippen molar-refractivity contribution < 1.29 is 123 Å². The average Bonchev–Trinajstić information content (AvgIpc) is 0.919. The number of hydrogen-bond donors (Lipinski definition) is 18. The summed E-state index contributed by atoms with van der Waals surface area (Å²) in [6.45, 7) is 13.3. The number of carbonyl (C=O) groups excluding carboxylic acids is 10. The molecule has 14 rings (SSSR count). The zero-order chi connectivity index (χ0) is 94.1. The molecule has 3 fully saturated rings. The van der Waals surface area contributed by atoms with Gasteiger partial charge in [0.25, 0.3) is 17.7 Å². The van der Waals surface area contributed by atoms with Crippen LogP contribution in [0.2, 0.25) is 0 Å². The van der Waals surface area contributed by atoms with Gasteiger partial charge in [0.05, 0.1) is 54.5 Å². The lowest BCUT2D eigenvalue weighted by Crippen LogP contribution is -2.65. The number of hydrogen-bond acceptors (Lipinski definition) is 31. The normalized spacial score (nSPS) is 25.8. The number of aromatic nitrogens is 1. The van der Waals surface area contributed by atoms with Crippen molar-refractivity contribution in [2.24, 2.45) is 63.5 Å². The summed E-state index contributed by atoms with van der Waals surface area (Å²) >= 11 is 0. The van der Waals surface area contributed by atoms with Crippen molar-refractivity contribution in [1.82, 2.24) is 35.6 Å². The fourth-order valence-electron chi connectivity index (χ4n) is 19.8. The monoisotopic (exact) mass is 1760 g/mol. The lowest BCUT2D eigenvalue weighted by molar-refractivity contribution is -0.155. The summed E-state index contributed by atoms with van der Waals surface area (Å²) in [6, 6.07) is 6.38. The summed E-state index contributed by atoms with van der Waals surface area (Å²) in [6.07, 6.45) is 5.08. The van der Waals surface area contributed by atoms with E-state index in [-0.39, 0.29) is 120 Å². The number of phenolic OH excluding ortho intramolecular Hbond substituents is 3. The van der Waals surface area contributed by atoms with Crippen molar-refractivity contribution in [2.45, 2.75) is 148 Å². The summed E-state index contributed by atoms with van der Waals surface area (Å²) in [5.41, 5.74) is 10.00. The van der Waals surface area contributed by atoms with E-state index in [9.17, 15) is 114 Å². The van der Waals surface area contributed by atoms with Crippen LogP contribution in [0.3, 0.4) is 0 Å². The standard InChI is InChI=1S/C31H35FN4O8.C31H37N3O8.C29H38N4O8/c1-13(10-32)34-12-16-8-17(14-5-6-20(44-4)35-11-14)18-7-15-9-19-24(36(2)3)27(39)23(30(33)42)29(41)31(19,43)28(40)21(15)26(38)22(18)25(16)37;1-30(2,3)13-33-11-16-9-17(14-6-7-42-12-14)18-8-15-10-19-23(34(4)5)26(37)22(29(32)40)28(39)31(19,41)27(38)20(15)25(36)21(18)24(16)35;1-28(2,3)27(40)31-11-13-10-16(32(4)5)14-8-12-9-15-20(33(6)7)23(36)19(26(30)39)25(38)29(15,41)24(37)17(12)22(35)18(14)21(13)34/h5-6,8,11,13,15,19,24,34,37-38,41,43H,7,9-10,12H2,1-4H3,(H2,33,42);6-7,9,12,15,19,23,33,35-36,39,41H,8,10-11,13H2,1-5H3,(H2,32,40);10,12,15,20,34-35,38,41H,8-9,11H2,1-7H3,(H2,30,39)(H,31,40)/t13?,15-,19-,24-,31-;15-,19-,23+,31-;12-,15-,20-,29-/m000/s1. The van der Waals surface area contributed by atoms with E-state index in [0.717, 1.165) is 0 Å². The van der Waals surface area contributed by atoms with Crippen molar-refractivity contribution in [3.8, 4) is 45.4 Å². The minimum absolute atomic E-state index is 0.00276. The van der Waals surface area contributed by atoms with Gasteiger partial charge in [-0.05, 0) is 169 Å². The SMILES string of the molecule is CN(C)[C@H]1C(=O)C(C(N)=O)=C(O)[C@@]2(O)C(=O)C3=C(O)c4c(O)c(CNCC(C)(C)C)cc(-c5ccoc5)c4C[C@H]3C[C@@H]12.CN(C)c1cc(CNC(=O)C(C)(C)C)c(O)c2c1C[C@H]1C[C@H]3[C@H](N(C)C)C(=O)C(C(N)=O)=C(O)[C@@]3(O)C(=O)C1=C2O.COc1ccc(-c2cc(CNC(C)CF)c(O)c3c2C[C@H]2C[C@H]4[C@H](N(C)C)C(=O)C(C(N)=O)=C(O)[C@@]4(O)C(=O)C2=C3O)cn1. The van der Waals surface area contributed by atoms with Crippen LogP contribution in [0.5, 0.6) is 23.1 Å². The number of halogens is 1. The molecular weight excluding hydrogens is 1650 g/mol. The molecule has 0 bridgehead atoms. The number of rotatable bonds is 19. The van der Waals surface area contributed by atoms with Gasteiger partial charge in [-0.2, -0.15) is 0 Å². The second-order valence-corrected chi connectivity index (χ2v) is 37.2. The maximum Gasteiger partial charge on any atom is 0.255 e. The number of pyridine rings is 1. The molecule has 9 aliphatic rings. The quantitative estimate of drug-likeness (QED) is 0.0505. The number of phenols is 3. The molecule has 0 saturated heterocycles. The predicted molar refractivity (Wildman–Crippen MR) is 459 cm³/mol. The zero-order valence-corrected chi connectivity index (χ0v) is 73.4. The van der Waals surface area contributed by atoms with E-state index in [0.29, 0.717) is 73.7 Å². The summed E-state index contributed by atoms with van der Waals surface area (Å²) < 4.78 is 23.7. The molecule has 9 aliphatic carbocycles. The van der Waals surface area contributed by atoms with Crippen LogP contribution in [0.1, 0.15) is 118 Å². The van der Waals surface area contributed by atoms with Crippen LogP contribution in [0.25, 0.3) is 39.5 Å². The topological polar surface area (TPSA) is 576 Å². The number of aliphatic hydroxyl groups excluding tert-OH is 6. The average molecular weight is 1760 g/mol. The molecule has 4 amide bonds. The van der Waals surface area contributed by atoms with E-state index in [4.69, 9.17) is 26.4 Å². The number of benzene rings is 3. The summed E-state index contributed by atoms with van der Waals surface area (Å²) in [4.78, 5) is 142. The Labute approximate surface area is 730 Å². The molecule has 3 saturated carbocycles. The number of nitrogens with two attached hydrogens (primary N) is 3. The number of ether oxygens (including phenoxy) is 1. The van der Waals surface area contributed by atoms with Gasteiger partial charge in [-0.3, -0.25) is 62.6 Å². The number of Topliss-reactive ketones (excluding diaryl/α,β-unsaturated/α-hetero) is 6. The Morgan fingerprint density at radius 2 is 0.929 bits per heavy atom. The molecule has 13 atom stereocenters. The Hall–Kier alpha value is -12.2. The first-order chi connectivity index (χ1) is 59.2. The Balaban J connectivity index is 0.000000173. The highest BCUT2D eigenvalue weighted by Crippen LogP contribution is 2.59. The molecule has 3 aromatic carbocycles. The van der Waals surface area contributed by atoms with Gasteiger partial charge in [0.2, 0.25) is 29.1 Å². The number of nitrogens with one attached hydrogen (secondary N) is 3. The van der Waals surface area contributed by atoms with Gasteiger partial charge in [-0.15, -0.1) is 0 Å². The number of alkyl halides is 1. The van der Waals surface area contributed by atoms with Crippen LogP contribution in [-0.4, -0.2) is 257 Å². The summed E-state index contributed by atoms with van der Waals surface area (Å²) in [5.74, 6) is -20.9. The van der Waals surface area contributed by atoms with E-state index in [1.807, 2.05) is 6.07 Å². The highest BCUT2D eigenvalue weighted by atomic mass is 19.1. The molecule has 0 spiro atoms. The van der Waals surface area contributed by atoms with Crippen molar-refractivity contribution >= 4 is 81.3 Å². The minimum Gasteiger partial charge on any atom is -0.508 e. The van der Waals surface area contributed by atoms with E-state index in [1.54, 1.807) is 132 Å². The zero-order valence-electron chi connectivity index (χ0n) is 73.4. The summed E-state index contributed by atoms with van der Waals surface area (Å²) in [5, 5.41) is 147. The Bertz CT molecular complexity index is 5690. The first-order valence-electron chi connectivity index (χ1n) is 41.3. The van der Waals surface area contributed by atoms with Crippen molar-refractivity contribution in [1.29, 1.82) is 0 Å². The van der Waals surface area contributed by atoms with E-state index in [1.165, 1.54) is 28.1 Å². The van der Waals surface area contributed by atoms with Crippen LogP contribution >= 0.6 is 0 Å². The first kappa shape index (κ1) is 94.0. The Morgan fingerprint density at radius 1 is 0.551 bits per heavy atom. The molecule has 680 valence electrons. The summed E-state index contributed by atoms with van der Waals surface area (Å²) in [7, 11) is 14.4. The Kier molecular flexibility index (Phi) is 25.3. The van der Waals surface area contributed by atoms with Crippen LogP contribution < -0.4 is 42.8 Å². The molecule has 127 heavy (non-hydrogen) atoms. The van der Waals surface area contributed by atoms with Gasteiger partial charge in [-0.1, -0.05) is 41.5 Å². The number of fused-ring (bicyclic) bond motifs is 9. The van der Waals surface area contributed by atoms with Gasteiger partial charge in [0.1, 0.15) is 75.2 Å². The van der Waals surface area contributed by atoms with Crippen LogP contribution in [0.15, 0.2) is 110 Å². The number of carbonyl (C=O) groups is 10.